The molecule has 0 fully saturated rings. The largest absolute Gasteiger partial charge is 0.494 e. The molecule has 0 atom stereocenters. The second-order valence-corrected chi connectivity index (χ2v) is 7.21. The Balaban J connectivity index is 1.38. The van der Waals surface area contributed by atoms with Crippen molar-refractivity contribution in [3.05, 3.63) is 77.7 Å². The van der Waals surface area contributed by atoms with Gasteiger partial charge in [-0.25, -0.2) is 4.68 Å². The third-order valence-corrected chi connectivity index (χ3v) is 5.36. The Kier molecular flexibility index (Phi) is 4.31. The van der Waals surface area contributed by atoms with Crippen LogP contribution in [0.15, 0.2) is 60.8 Å². The van der Waals surface area contributed by atoms with Crippen molar-refractivity contribution in [1.82, 2.24) is 19.7 Å². The van der Waals surface area contributed by atoms with Crippen molar-refractivity contribution >= 4 is 16.8 Å². The summed E-state index contributed by atoms with van der Waals surface area (Å²) in [6.07, 6.45) is 2.66. The maximum atomic E-state index is 13.1. The van der Waals surface area contributed by atoms with E-state index >= 15 is 0 Å². The normalized spacial score (nSPS) is 13.5. The molecule has 6 heteroatoms. The maximum absolute atomic E-state index is 13.1. The molecule has 0 bridgehead atoms. The summed E-state index contributed by atoms with van der Waals surface area (Å²) in [5.74, 6) is 0.814. The van der Waals surface area contributed by atoms with Gasteiger partial charge in [-0.15, -0.1) is 0 Å². The van der Waals surface area contributed by atoms with Crippen LogP contribution in [0.4, 0.5) is 0 Å². The van der Waals surface area contributed by atoms with Crippen LogP contribution in [-0.4, -0.2) is 38.7 Å². The Hall–Kier alpha value is -3.54. The molecule has 3 heterocycles. The van der Waals surface area contributed by atoms with E-state index in [1.54, 1.807) is 0 Å². The van der Waals surface area contributed by atoms with Crippen LogP contribution < -0.4 is 4.74 Å². The molecule has 5 rings (SSSR count). The first-order valence-electron chi connectivity index (χ1n) is 9.89. The van der Waals surface area contributed by atoms with Crippen molar-refractivity contribution in [1.29, 1.82) is 0 Å². The molecule has 146 valence electrons. The highest BCUT2D eigenvalue weighted by atomic mass is 16.5. The van der Waals surface area contributed by atoms with Gasteiger partial charge in [-0.1, -0.05) is 18.2 Å². The Morgan fingerprint density at radius 1 is 1.17 bits per heavy atom. The SMILES string of the molecule is CCOc1ccc2cc(C(=O)N3CCc4c(cnn4-c4ccccc4)C3)[nH]c2c1. The minimum absolute atomic E-state index is 0.0114. The minimum atomic E-state index is 0.0114. The highest BCUT2D eigenvalue weighted by molar-refractivity contribution is 5.98. The molecule has 6 nitrogen and oxygen atoms in total. The van der Waals surface area contributed by atoms with Gasteiger partial charge in [0.15, 0.2) is 0 Å². The Morgan fingerprint density at radius 3 is 2.86 bits per heavy atom. The van der Waals surface area contributed by atoms with Gasteiger partial charge < -0.3 is 14.6 Å². The number of aromatic amines is 1. The van der Waals surface area contributed by atoms with E-state index in [0.717, 1.165) is 34.3 Å². The molecule has 1 aliphatic rings. The molecule has 0 unspecified atom stereocenters. The van der Waals surface area contributed by atoms with Crippen molar-refractivity contribution in [3.8, 4) is 11.4 Å². The van der Waals surface area contributed by atoms with Crippen LogP contribution >= 0.6 is 0 Å². The van der Waals surface area contributed by atoms with Crippen LogP contribution in [0.5, 0.6) is 5.75 Å². The number of amides is 1. The van der Waals surface area contributed by atoms with Gasteiger partial charge in [-0.3, -0.25) is 4.79 Å². The quantitative estimate of drug-likeness (QED) is 0.578. The number of nitrogens with one attached hydrogen (secondary N) is 1. The first-order chi connectivity index (χ1) is 14.2. The zero-order valence-electron chi connectivity index (χ0n) is 16.3. The number of fused-ring (bicyclic) bond motifs is 2. The highest BCUT2D eigenvalue weighted by Gasteiger charge is 2.26. The van der Waals surface area contributed by atoms with Crippen molar-refractivity contribution < 1.29 is 9.53 Å². The van der Waals surface area contributed by atoms with Crippen molar-refractivity contribution in [2.45, 2.75) is 19.9 Å². The molecule has 0 saturated carbocycles. The number of benzene rings is 2. The van der Waals surface area contributed by atoms with Gasteiger partial charge in [0.2, 0.25) is 0 Å². The number of nitrogens with zero attached hydrogens (tertiary/aromatic N) is 3. The molecule has 1 N–H and O–H groups in total. The summed E-state index contributed by atoms with van der Waals surface area (Å²) in [6.45, 7) is 3.81. The summed E-state index contributed by atoms with van der Waals surface area (Å²) < 4.78 is 7.53. The van der Waals surface area contributed by atoms with Crippen LogP contribution in [0, 0.1) is 0 Å². The number of hydrogen-bond acceptors (Lipinski definition) is 3. The lowest BCUT2D eigenvalue weighted by atomic mass is 10.1. The second kappa shape index (κ2) is 7.13. The summed E-state index contributed by atoms with van der Waals surface area (Å²) in [5, 5.41) is 5.56. The molecule has 2 aromatic carbocycles. The third-order valence-electron chi connectivity index (χ3n) is 5.36. The van der Waals surface area contributed by atoms with Crippen LogP contribution in [-0.2, 0) is 13.0 Å². The summed E-state index contributed by atoms with van der Waals surface area (Å²) in [5.41, 5.74) is 4.84. The number of carbonyl (C=O) groups excluding carboxylic acids is 1. The lowest BCUT2D eigenvalue weighted by Gasteiger charge is -2.27. The summed E-state index contributed by atoms with van der Waals surface area (Å²) in [7, 11) is 0. The molecule has 1 aliphatic heterocycles. The van der Waals surface area contributed by atoms with E-state index in [9.17, 15) is 4.79 Å². The number of ether oxygens (including phenoxy) is 1. The first kappa shape index (κ1) is 17.6. The van der Waals surface area contributed by atoms with Crippen LogP contribution in [0.2, 0.25) is 0 Å². The first-order valence-corrected chi connectivity index (χ1v) is 9.89. The van der Waals surface area contributed by atoms with Gasteiger partial charge in [0.25, 0.3) is 5.91 Å². The molecule has 1 amide bonds. The number of rotatable bonds is 4. The fraction of sp³-hybridized carbons (Fsp3) is 0.217. The molecular formula is C23H22N4O2. The smallest absolute Gasteiger partial charge is 0.270 e. The summed E-state index contributed by atoms with van der Waals surface area (Å²) in [6, 6.07) is 17.9. The highest BCUT2D eigenvalue weighted by Crippen LogP contribution is 2.25. The monoisotopic (exact) mass is 386 g/mol. The van der Waals surface area contributed by atoms with E-state index in [4.69, 9.17) is 4.74 Å². The molecular weight excluding hydrogens is 364 g/mol. The zero-order chi connectivity index (χ0) is 19.8. The van der Waals surface area contributed by atoms with Crippen molar-refractivity contribution in [2.24, 2.45) is 0 Å². The molecule has 0 saturated heterocycles. The predicted octanol–water partition coefficient (Wildman–Crippen LogP) is 3.95. The van der Waals surface area contributed by atoms with Crippen LogP contribution in [0.1, 0.15) is 28.7 Å². The van der Waals surface area contributed by atoms with Gasteiger partial charge in [0, 0.05) is 42.0 Å². The number of H-pyrrole nitrogens is 1. The predicted molar refractivity (Wildman–Crippen MR) is 111 cm³/mol. The topological polar surface area (TPSA) is 63.1 Å². The number of hydrogen-bond donors (Lipinski definition) is 1. The van der Waals surface area contributed by atoms with Gasteiger partial charge in [-0.05, 0) is 37.3 Å². The average molecular weight is 386 g/mol. The maximum Gasteiger partial charge on any atom is 0.270 e. The minimum Gasteiger partial charge on any atom is -0.494 e. The Bertz CT molecular complexity index is 1180. The number of carbonyl (C=O) groups is 1. The molecule has 0 spiro atoms. The molecule has 4 aromatic rings. The third kappa shape index (κ3) is 3.16. The second-order valence-electron chi connectivity index (χ2n) is 7.21. The van der Waals surface area contributed by atoms with E-state index in [2.05, 4.69) is 10.1 Å². The lowest BCUT2D eigenvalue weighted by molar-refractivity contribution is 0.0729. The lowest BCUT2D eigenvalue weighted by Crippen LogP contribution is -2.36. The molecule has 0 aliphatic carbocycles. The van der Waals surface area contributed by atoms with E-state index in [1.807, 2.05) is 77.3 Å². The average Bonchev–Trinajstić information content (AvgIpc) is 3.37. The fourth-order valence-electron chi connectivity index (χ4n) is 3.94. The Morgan fingerprint density at radius 2 is 2.03 bits per heavy atom. The van der Waals surface area contributed by atoms with Gasteiger partial charge in [0.1, 0.15) is 11.4 Å². The zero-order valence-corrected chi connectivity index (χ0v) is 16.3. The molecule has 2 aromatic heterocycles. The van der Waals surface area contributed by atoms with E-state index < -0.39 is 0 Å². The fourth-order valence-corrected chi connectivity index (χ4v) is 3.94. The van der Waals surface area contributed by atoms with E-state index in [-0.39, 0.29) is 5.91 Å². The van der Waals surface area contributed by atoms with Gasteiger partial charge in [-0.2, -0.15) is 5.10 Å². The van der Waals surface area contributed by atoms with Gasteiger partial charge >= 0.3 is 0 Å². The summed E-state index contributed by atoms with van der Waals surface area (Å²) >= 11 is 0. The Labute approximate surface area is 168 Å². The van der Waals surface area contributed by atoms with Crippen LogP contribution in [0.25, 0.3) is 16.6 Å². The van der Waals surface area contributed by atoms with Crippen LogP contribution in [0.3, 0.4) is 0 Å². The molecule has 29 heavy (non-hydrogen) atoms. The number of para-hydroxylation sites is 1. The summed E-state index contributed by atoms with van der Waals surface area (Å²) in [4.78, 5) is 18.2. The van der Waals surface area contributed by atoms with Crippen molar-refractivity contribution in [2.75, 3.05) is 13.2 Å². The number of aromatic nitrogens is 3. The standard InChI is InChI=1S/C23H22N4O2/c1-2-29-19-9-8-16-12-21(25-20(16)13-19)23(28)26-11-10-22-17(15-26)14-24-27(22)18-6-4-3-5-7-18/h3-9,12-14,25H,2,10-11,15H2,1H3. The van der Waals surface area contributed by atoms with E-state index in [1.165, 1.54) is 5.69 Å². The van der Waals surface area contributed by atoms with Gasteiger partial charge in [0.05, 0.1) is 24.2 Å². The van der Waals surface area contributed by atoms with Crippen molar-refractivity contribution in [3.63, 3.8) is 0 Å². The molecule has 0 radical (unpaired) electrons. The van der Waals surface area contributed by atoms with E-state index in [0.29, 0.717) is 25.4 Å².